The number of piperidine rings is 2. The lowest BCUT2D eigenvalue weighted by atomic mass is 9.85. The van der Waals surface area contributed by atoms with Gasteiger partial charge in [0.15, 0.2) is 0 Å². The maximum atomic E-state index is 12.5. The Labute approximate surface area is 117 Å². The molecule has 3 aliphatic rings. The van der Waals surface area contributed by atoms with Crippen molar-refractivity contribution in [3.8, 4) is 0 Å². The number of amides is 2. The zero-order chi connectivity index (χ0) is 13.2. The van der Waals surface area contributed by atoms with Gasteiger partial charge in [-0.15, -0.1) is 0 Å². The van der Waals surface area contributed by atoms with Crippen LogP contribution >= 0.6 is 11.8 Å². The van der Waals surface area contributed by atoms with Gasteiger partial charge in [-0.05, 0) is 18.8 Å². The second-order valence-electron chi connectivity index (χ2n) is 5.63. The van der Waals surface area contributed by atoms with Crippen LogP contribution < -0.4 is 10.6 Å². The smallest absolute Gasteiger partial charge is 0.240 e. The van der Waals surface area contributed by atoms with Gasteiger partial charge in [-0.1, -0.05) is 0 Å². The van der Waals surface area contributed by atoms with Crippen molar-refractivity contribution < 1.29 is 9.59 Å². The number of fused-ring (bicyclic) bond motifs is 1. The van der Waals surface area contributed by atoms with E-state index in [1.54, 1.807) is 0 Å². The number of rotatable bonds is 1. The summed E-state index contributed by atoms with van der Waals surface area (Å²) in [5.74, 6) is 2.86. The highest BCUT2D eigenvalue weighted by atomic mass is 32.2. The number of carbonyl (C=O) groups is 2. The van der Waals surface area contributed by atoms with Crippen molar-refractivity contribution >= 4 is 23.6 Å². The summed E-state index contributed by atoms with van der Waals surface area (Å²) in [4.78, 5) is 25.8. The molecule has 6 heteroatoms. The molecule has 0 aliphatic carbocycles. The van der Waals surface area contributed by atoms with Gasteiger partial charge in [-0.25, -0.2) is 0 Å². The van der Waals surface area contributed by atoms with Crippen LogP contribution in [0.15, 0.2) is 0 Å². The van der Waals surface area contributed by atoms with E-state index in [-0.39, 0.29) is 17.9 Å². The van der Waals surface area contributed by atoms with E-state index in [1.807, 2.05) is 16.7 Å². The molecule has 3 aliphatic heterocycles. The molecule has 3 unspecified atom stereocenters. The van der Waals surface area contributed by atoms with E-state index in [2.05, 4.69) is 10.6 Å². The Balaban J connectivity index is 1.58. The van der Waals surface area contributed by atoms with Gasteiger partial charge >= 0.3 is 0 Å². The molecule has 3 rings (SSSR count). The number of nitrogens with one attached hydrogen (secondary N) is 2. The molecule has 3 heterocycles. The lowest BCUT2D eigenvalue weighted by Gasteiger charge is -2.42. The minimum Gasteiger partial charge on any atom is -0.353 e. The Morgan fingerprint density at radius 2 is 2.26 bits per heavy atom. The largest absolute Gasteiger partial charge is 0.353 e. The first-order valence-electron chi connectivity index (χ1n) is 7.13. The summed E-state index contributed by atoms with van der Waals surface area (Å²) in [6.07, 6.45) is 2.44. The van der Waals surface area contributed by atoms with Crippen LogP contribution in [-0.4, -0.2) is 59.9 Å². The topological polar surface area (TPSA) is 61.4 Å². The fourth-order valence-corrected chi connectivity index (χ4v) is 4.18. The van der Waals surface area contributed by atoms with Crippen LogP contribution in [0.2, 0.25) is 0 Å². The molecule has 0 aromatic heterocycles. The van der Waals surface area contributed by atoms with Crippen molar-refractivity contribution in [1.29, 1.82) is 0 Å². The lowest BCUT2D eigenvalue weighted by Crippen LogP contribution is -2.58. The summed E-state index contributed by atoms with van der Waals surface area (Å²) in [6.45, 7) is 2.52. The van der Waals surface area contributed by atoms with Gasteiger partial charge in [0.25, 0.3) is 0 Å². The highest BCUT2D eigenvalue weighted by Gasteiger charge is 2.37. The predicted octanol–water partition coefficient (Wildman–Crippen LogP) is -0.181. The quantitative estimate of drug-likeness (QED) is 0.701. The molecule has 2 N–H and O–H groups in total. The minimum absolute atomic E-state index is 0.00604. The third kappa shape index (κ3) is 2.89. The van der Waals surface area contributed by atoms with Crippen molar-refractivity contribution in [3.05, 3.63) is 0 Å². The fourth-order valence-electron chi connectivity index (χ4n) is 3.25. The number of carbonyl (C=O) groups excluding carboxylic acids is 2. The van der Waals surface area contributed by atoms with Crippen LogP contribution in [0.25, 0.3) is 0 Å². The summed E-state index contributed by atoms with van der Waals surface area (Å²) < 4.78 is 0. The average Bonchev–Trinajstić information content (AvgIpc) is 2.47. The Morgan fingerprint density at radius 3 is 3.05 bits per heavy atom. The maximum Gasteiger partial charge on any atom is 0.240 e. The molecule has 0 saturated carbocycles. The summed E-state index contributed by atoms with van der Waals surface area (Å²) >= 11 is 1.85. The molecule has 3 atom stereocenters. The number of hydrogen-bond acceptors (Lipinski definition) is 4. The first-order valence-corrected chi connectivity index (χ1v) is 8.29. The SMILES string of the molecule is O=C1CCC2CN(C(=O)C3CSCCN3)CCC2N1. The zero-order valence-electron chi connectivity index (χ0n) is 11.1. The van der Waals surface area contributed by atoms with Crippen molar-refractivity contribution in [2.75, 3.05) is 31.1 Å². The molecule has 19 heavy (non-hydrogen) atoms. The maximum absolute atomic E-state index is 12.5. The molecule has 3 saturated heterocycles. The van der Waals surface area contributed by atoms with Crippen molar-refractivity contribution in [3.63, 3.8) is 0 Å². The van der Waals surface area contributed by atoms with Crippen LogP contribution in [0.5, 0.6) is 0 Å². The van der Waals surface area contributed by atoms with Crippen molar-refractivity contribution in [2.45, 2.75) is 31.3 Å². The highest BCUT2D eigenvalue weighted by Crippen LogP contribution is 2.26. The van der Waals surface area contributed by atoms with Gasteiger partial charge in [0.1, 0.15) is 0 Å². The van der Waals surface area contributed by atoms with E-state index in [4.69, 9.17) is 0 Å². The summed E-state index contributed by atoms with van der Waals surface area (Å²) in [7, 11) is 0. The van der Waals surface area contributed by atoms with E-state index in [9.17, 15) is 9.59 Å². The normalized spacial score (nSPS) is 35.5. The molecule has 3 fully saturated rings. The highest BCUT2D eigenvalue weighted by molar-refractivity contribution is 7.99. The third-order valence-electron chi connectivity index (χ3n) is 4.35. The zero-order valence-corrected chi connectivity index (χ0v) is 11.9. The number of nitrogens with zero attached hydrogens (tertiary/aromatic N) is 1. The van der Waals surface area contributed by atoms with E-state index in [0.29, 0.717) is 18.4 Å². The van der Waals surface area contributed by atoms with Crippen molar-refractivity contribution in [2.24, 2.45) is 5.92 Å². The Morgan fingerprint density at radius 1 is 1.37 bits per heavy atom. The van der Waals surface area contributed by atoms with Crippen LogP contribution in [0, 0.1) is 5.92 Å². The number of likely N-dealkylation sites (tertiary alicyclic amines) is 1. The number of thioether (sulfide) groups is 1. The second-order valence-corrected chi connectivity index (χ2v) is 6.78. The van der Waals surface area contributed by atoms with E-state index in [1.165, 1.54) is 0 Å². The lowest BCUT2D eigenvalue weighted by molar-refractivity contribution is -0.136. The average molecular weight is 283 g/mol. The van der Waals surface area contributed by atoms with Crippen molar-refractivity contribution in [1.82, 2.24) is 15.5 Å². The Bertz CT molecular complexity index is 371. The fraction of sp³-hybridized carbons (Fsp3) is 0.846. The van der Waals surface area contributed by atoms with Gasteiger partial charge < -0.3 is 15.5 Å². The molecule has 0 bridgehead atoms. The molecule has 0 radical (unpaired) electrons. The van der Waals surface area contributed by atoms with E-state index >= 15 is 0 Å². The minimum atomic E-state index is -0.00604. The van der Waals surface area contributed by atoms with Crippen LogP contribution in [-0.2, 0) is 9.59 Å². The Hall–Kier alpha value is -0.750. The van der Waals surface area contributed by atoms with E-state index < -0.39 is 0 Å². The summed E-state index contributed by atoms with van der Waals surface area (Å²) in [6, 6.07) is 0.285. The van der Waals surface area contributed by atoms with Gasteiger partial charge in [0.05, 0.1) is 6.04 Å². The molecular weight excluding hydrogens is 262 g/mol. The van der Waals surface area contributed by atoms with E-state index in [0.717, 1.165) is 44.0 Å². The molecule has 106 valence electrons. The Kier molecular flexibility index (Phi) is 3.98. The molecule has 0 aromatic carbocycles. The van der Waals surface area contributed by atoms with Crippen LogP contribution in [0.1, 0.15) is 19.3 Å². The van der Waals surface area contributed by atoms with Gasteiger partial charge in [-0.3, -0.25) is 9.59 Å². The van der Waals surface area contributed by atoms with Gasteiger partial charge in [-0.2, -0.15) is 11.8 Å². The van der Waals surface area contributed by atoms with Crippen LogP contribution in [0.4, 0.5) is 0 Å². The molecule has 5 nitrogen and oxygen atoms in total. The van der Waals surface area contributed by atoms with Crippen LogP contribution in [0.3, 0.4) is 0 Å². The monoisotopic (exact) mass is 283 g/mol. The molecular formula is C13H21N3O2S. The second kappa shape index (κ2) is 5.71. The van der Waals surface area contributed by atoms with Gasteiger partial charge in [0.2, 0.25) is 11.8 Å². The summed E-state index contributed by atoms with van der Waals surface area (Å²) in [5, 5.41) is 6.37. The summed E-state index contributed by atoms with van der Waals surface area (Å²) in [5.41, 5.74) is 0. The molecule has 2 amide bonds. The first kappa shape index (κ1) is 13.2. The molecule has 0 aromatic rings. The molecule has 0 spiro atoms. The first-order chi connectivity index (χ1) is 9.24. The number of hydrogen-bond donors (Lipinski definition) is 2. The van der Waals surface area contributed by atoms with Gasteiger partial charge in [0, 0.05) is 43.6 Å². The third-order valence-corrected chi connectivity index (χ3v) is 5.42. The predicted molar refractivity (Wildman–Crippen MR) is 75.0 cm³/mol. The standard InChI is InChI=1S/C13H21N3O2S/c17-12-2-1-9-7-16(5-3-10(9)15-12)13(18)11-8-19-6-4-14-11/h9-11,14H,1-8H2,(H,15,17).